The van der Waals surface area contributed by atoms with Gasteiger partial charge in [0.1, 0.15) is 5.92 Å². The van der Waals surface area contributed by atoms with Crippen LogP contribution in [0.5, 0.6) is 0 Å². The average molecular weight is 232 g/mol. The van der Waals surface area contributed by atoms with Crippen LogP contribution >= 0.6 is 0 Å². The highest BCUT2D eigenvalue weighted by Crippen LogP contribution is 2.35. The van der Waals surface area contributed by atoms with Gasteiger partial charge in [-0.2, -0.15) is 0 Å². The third-order valence-electron chi connectivity index (χ3n) is 3.22. The molecule has 0 aromatic heterocycles. The van der Waals surface area contributed by atoms with E-state index in [0.29, 0.717) is 0 Å². The first-order valence-electron chi connectivity index (χ1n) is 5.85. The number of rotatable bonds is 3. The number of benzene rings is 1. The molecule has 2 unspecified atom stereocenters. The van der Waals surface area contributed by atoms with E-state index in [-0.39, 0.29) is 30.2 Å². The normalized spacial score (nSPS) is 21.7. The van der Waals surface area contributed by atoms with Gasteiger partial charge >= 0.3 is 5.97 Å². The van der Waals surface area contributed by atoms with Crippen molar-refractivity contribution in [3.63, 3.8) is 0 Å². The summed E-state index contributed by atoms with van der Waals surface area (Å²) in [6, 6.07) is 9.70. The first kappa shape index (κ1) is 11.8. The first-order valence-corrected chi connectivity index (χ1v) is 5.85. The molecule has 1 fully saturated rings. The Morgan fingerprint density at radius 1 is 1.18 bits per heavy atom. The summed E-state index contributed by atoms with van der Waals surface area (Å²) in [5.41, 5.74) is 1.03. The topological polar surface area (TPSA) is 43.4 Å². The average Bonchev–Trinajstić information content (AvgIpc) is 2.62. The fourth-order valence-electron chi connectivity index (χ4n) is 2.44. The van der Waals surface area contributed by atoms with Crippen LogP contribution in [-0.2, 0) is 14.3 Å². The summed E-state index contributed by atoms with van der Waals surface area (Å²) in [7, 11) is 0. The van der Waals surface area contributed by atoms with Crippen LogP contribution < -0.4 is 0 Å². The van der Waals surface area contributed by atoms with E-state index < -0.39 is 5.92 Å². The largest absolute Gasteiger partial charge is 0.457 e. The van der Waals surface area contributed by atoms with Gasteiger partial charge in [-0.15, -0.1) is 0 Å². The van der Waals surface area contributed by atoms with Crippen molar-refractivity contribution in [2.24, 2.45) is 11.8 Å². The van der Waals surface area contributed by atoms with Gasteiger partial charge in [0, 0.05) is 5.92 Å². The van der Waals surface area contributed by atoms with Crippen molar-refractivity contribution >= 4 is 11.8 Å². The first-order chi connectivity index (χ1) is 8.11. The van der Waals surface area contributed by atoms with Crippen LogP contribution in [0.4, 0.5) is 0 Å². The van der Waals surface area contributed by atoms with Gasteiger partial charge in [0.15, 0.2) is 12.4 Å². The monoisotopic (exact) mass is 232 g/mol. The molecule has 0 bridgehead atoms. The van der Waals surface area contributed by atoms with Gasteiger partial charge in [-0.1, -0.05) is 44.2 Å². The molecule has 0 spiro atoms. The van der Waals surface area contributed by atoms with E-state index in [9.17, 15) is 9.59 Å². The zero-order valence-corrected chi connectivity index (χ0v) is 10.1. The molecule has 0 saturated carbocycles. The minimum Gasteiger partial charge on any atom is -0.457 e. The van der Waals surface area contributed by atoms with Crippen LogP contribution in [-0.4, -0.2) is 18.4 Å². The highest BCUT2D eigenvalue weighted by molar-refractivity contribution is 6.05. The van der Waals surface area contributed by atoms with E-state index >= 15 is 0 Å². The molecule has 1 aromatic rings. The number of hydrogen-bond donors (Lipinski definition) is 0. The van der Waals surface area contributed by atoms with Gasteiger partial charge in [-0.3, -0.25) is 9.59 Å². The van der Waals surface area contributed by atoms with Crippen LogP contribution in [0.25, 0.3) is 0 Å². The van der Waals surface area contributed by atoms with Crippen LogP contribution in [0.2, 0.25) is 0 Å². The molecule has 1 heterocycles. The van der Waals surface area contributed by atoms with Gasteiger partial charge in [0.05, 0.1) is 0 Å². The predicted molar refractivity (Wildman–Crippen MR) is 63.5 cm³/mol. The molecular weight excluding hydrogens is 216 g/mol. The van der Waals surface area contributed by atoms with Crippen molar-refractivity contribution in [1.82, 2.24) is 0 Å². The van der Waals surface area contributed by atoms with Gasteiger partial charge in [-0.25, -0.2) is 0 Å². The Morgan fingerprint density at radius 2 is 1.82 bits per heavy atom. The maximum atomic E-state index is 11.8. The lowest BCUT2D eigenvalue weighted by molar-refractivity contribution is -0.142. The number of carbonyl (C=O) groups excluding carboxylic acids is 2. The van der Waals surface area contributed by atoms with E-state index in [0.717, 1.165) is 5.56 Å². The molecule has 2 atom stereocenters. The number of hydrogen-bond acceptors (Lipinski definition) is 3. The quantitative estimate of drug-likeness (QED) is 0.592. The van der Waals surface area contributed by atoms with Crippen molar-refractivity contribution in [2.75, 3.05) is 6.61 Å². The molecule has 2 rings (SSSR count). The van der Waals surface area contributed by atoms with Crippen LogP contribution in [0.3, 0.4) is 0 Å². The maximum Gasteiger partial charge on any atom is 0.317 e. The Morgan fingerprint density at radius 3 is 2.29 bits per heavy atom. The van der Waals surface area contributed by atoms with Crippen LogP contribution in [0.1, 0.15) is 25.3 Å². The summed E-state index contributed by atoms with van der Waals surface area (Å²) in [5, 5.41) is 0. The Balaban J connectivity index is 2.36. The molecule has 1 aromatic carbocycles. The summed E-state index contributed by atoms with van der Waals surface area (Å²) >= 11 is 0. The standard InChI is InChI=1S/C14H16O3/c1-9(2)12(10-6-4-3-5-7-10)13-11(15)8-17-14(13)16/h3-7,9,12-13H,8H2,1-2H3. The van der Waals surface area contributed by atoms with Gasteiger partial charge in [0.25, 0.3) is 0 Å². The number of esters is 1. The SMILES string of the molecule is CC(C)C(c1ccccc1)C1C(=O)COC1=O. The second-order valence-corrected chi connectivity index (χ2v) is 4.73. The molecular formula is C14H16O3. The number of ether oxygens (including phenoxy) is 1. The maximum absolute atomic E-state index is 11.8. The molecule has 1 saturated heterocycles. The lowest BCUT2D eigenvalue weighted by Gasteiger charge is -2.24. The predicted octanol–water partition coefficient (Wildman–Crippen LogP) is 2.17. The molecule has 3 nitrogen and oxygen atoms in total. The van der Waals surface area contributed by atoms with E-state index in [2.05, 4.69) is 0 Å². The number of cyclic esters (lactones) is 1. The Bertz CT molecular complexity index is 406. The number of carbonyl (C=O) groups is 2. The van der Waals surface area contributed by atoms with Crippen molar-refractivity contribution in [3.8, 4) is 0 Å². The summed E-state index contributed by atoms with van der Waals surface area (Å²) < 4.78 is 4.84. The molecule has 90 valence electrons. The molecule has 1 aliphatic heterocycles. The summed E-state index contributed by atoms with van der Waals surface area (Å²) in [4.78, 5) is 23.4. The lowest BCUT2D eigenvalue weighted by atomic mass is 9.77. The lowest BCUT2D eigenvalue weighted by Crippen LogP contribution is -2.27. The minimum atomic E-state index is -0.627. The van der Waals surface area contributed by atoms with Crippen molar-refractivity contribution in [2.45, 2.75) is 19.8 Å². The van der Waals surface area contributed by atoms with Crippen molar-refractivity contribution < 1.29 is 14.3 Å². The zero-order chi connectivity index (χ0) is 12.4. The molecule has 1 aliphatic rings. The minimum absolute atomic E-state index is 0.0699. The fourth-order valence-corrected chi connectivity index (χ4v) is 2.44. The smallest absolute Gasteiger partial charge is 0.317 e. The number of Topliss-reactive ketones (excluding diaryl/α,β-unsaturated/α-hetero) is 1. The third kappa shape index (κ3) is 2.23. The van der Waals surface area contributed by atoms with Crippen LogP contribution in [0, 0.1) is 11.8 Å². The van der Waals surface area contributed by atoms with Crippen molar-refractivity contribution in [1.29, 1.82) is 0 Å². The van der Waals surface area contributed by atoms with Gasteiger partial charge in [0.2, 0.25) is 0 Å². The Hall–Kier alpha value is -1.64. The summed E-state index contributed by atoms with van der Waals surface area (Å²) in [6.45, 7) is 3.98. The molecule has 0 N–H and O–H groups in total. The van der Waals surface area contributed by atoms with Gasteiger partial charge in [-0.05, 0) is 11.5 Å². The Kier molecular flexibility index (Phi) is 3.27. The van der Waals surface area contributed by atoms with Crippen LogP contribution in [0.15, 0.2) is 30.3 Å². The third-order valence-corrected chi connectivity index (χ3v) is 3.22. The zero-order valence-electron chi connectivity index (χ0n) is 10.1. The van der Waals surface area contributed by atoms with Crippen molar-refractivity contribution in [3.05, 3.63) is 35.9 Å². The molecule has 3 heteroatoms. The van der Waals surface area contributed by atoms with E-state index in [4.69, 9.17) is 4.74 Å². The highest BCUT2D eigenvalue weighted by atomic mass is 16.5. The Labute approximate surface area is 101 Å². The molecule has 0 radical (unpaired) electrons. The second kappa shape index (κ2) is 4.70. The van der Waals surface area contributed by atoms with E-state index in [1.165, 1.54) is 0 Å². The fraction of sp³-hybridized carbons (Fsp3) is 0.429. The van der Waals surface area contributed by atoms with Gasteiger partial charge < -0.3 is 4.74 Å². The molecule has 0 amide bonds. The van der Waals surface area contributed by atoms with E-state index in [1.54, 1.807) is 0 Å². The van der Waals surface area contributed by atoms with E-state index in [1.807, 2.05) is 44.2 Å². The number of ketones is 1. The summed E-state index contributed by atoms with van der Waals surface area (Å²) in [6.07, 6.45) is 0. The second-order valence-electron chi connectivity index (χ2n) is 4.73. The summed E-state index contributed by atoms with van der Waals surface area (Å²) in [5.74, 6) is -0.969. The molecule has 0 aliphatic carbocycles. The highest BCUT2D eigenvalue weighted by Gasteiger charge is 2.43. The molecule has 17 heavy (non-hydrogen) atoms.